The van der Waals surface area contributed by atoms with Crippen molar-refractivity contribution in [3.8, 4) is 6.07 Å². The average Bonchev–Trinajstić information content (AvgIpc) is 2.86. The lowest BCUT2D eigenvalue weighted by molar-refractivity contribution is -0.119. The lowest BCUT2D eigenvalue weighted by Crippen LogP contribution is -2.44. The van der Waals surface area contributed by atoms with Crippen LogP contribution in [0.3, 0.4) is 0 Å². The summed E-state index contributed by atoms with van der Waals surface area (Å²) in [5.41, 5.74) is 1.56. The summed E-state index contributed by atoms with van der Waals surface area (Å²) in [6, 6.07) is 2.35. The van der Waals surface area contributed by atoms with Crippen LogP contribution in [0.1, 0.15) is 26.2 Å². The molecule has 1 saturated heterocycles. The zero-order chi connectivity index (χ0) is 14.4. The first-order valence-corrected chi connectivity index (χ1v) is 6.80. The third kappa shape index (κ3) is 1.65. The second-order valence-electron chi connectivity index (χ2n) is 5.53. The van der Waals surface area contributed by atoms with Crippen LogP contribution in [0.15, 0.2) is 22.5 Å². The highest BCUT2D eigenvalue weighted by Gasteiger charge is 2.44. The van der Waals surface area contributed by atoms with Crippen LogP contribution in [-0.2, 0) is 14.3 Å². The molecule has 3 aliphatic rings. The van der Waals surface area contributed by atoms with Crippen molar-refractivity contribution in [3.63, 3.8) is 0 Å². The number of methoxy groups -OCH3 is 1. The van der Waals surface area contributed by atoms with E-state index in [2.05, 4.69) is 11.0 Å². The second kappa shape index (κ2) is 4.57. The van der Waals surface area contributed by atoms with Gasteiger partial charge in [0.1, 0.15) is 0 Å². The molecule has 0 aromatic heterocycles. The maximum absolute atomic E-state index is 12.4. The molecule has 0 unspecified atom stereocenters. The molecule has 5 heteroatoms. The summed E-state index contributed by atoms with van der Waals surface area (Å²) < 4.78 is 5.09. The first-order valence-electron chi connectivity index (χ1n) is 6.80. The molecule has 0 amide bonds. The molecule has 0 radical (unpaired) electrons. The lowest BCUT2D eigenvalue weighted by atomic mass is 9.82. The van der Waals surface area contributed by atoms with Gasteiger partial charge in [-0.05, 0) is 26.2 Å². The van der Waals surface area contributed by atoms with Gasteiger partial charge in [-0.25, -0.2) is 0 Å². The SMILES string of the molecule is COC1=C(C)C(=O)C2=C(CN3[C@H](CC[C@H]3C#N)C2)C1=O. The van der Waals surface area contributed by atoms with Gasteiger partial charge in [0.05, 0.1) is 19.2 Å². The summed E-state index contributed by atoms with van der Waals surface area (Å²) in [4.78, 5) is 26.9. The molecule has 1 fully saturated rings. The number of hydrogen-bond donors (Lipinski definition) is 0. The van der Waals surface area contributed by atoms with E-state index in [0.29, 0.717) is 29.7 Å². The van der Waals surface area contributed by atoms with Gasteiger partial charge in [-0.1, -0.05) is 0 Å². The third-order valence-corrected chi connectivity index (χ3v) is 4.58. The van der Waals surface area contributed by atoms with E-state index in [0.717, 1.165) is 12.8 Å². The number of rotatable bonds is 1. The van der Waals surface area contributed by atoms with Gasteiger partial charge >= 0.3 is 0 Å². The molecule has 0 aromatic rings. The molecule has 5 nitrogen and oxygen atoms in total. The van der Waals surface area contributed by atoms with Crippen molar-refractivity contribution in [2.45, 2.75) is 38.3 Å². The largest absolute Gasteiger partial charge is 0.492 e. The van der Waals surface area contributed by atoms with Crippen molar-refractivity contribution in [3.05, 3.63) is 22.5 Å². The van der Waals surface area contributed by atoms with Gasteiger partial charge in [0.2, 0.25) is 5.78 Å². The first-order chi connectivity index (χ1) is 9.58. The number of carbonyl (C=O) groups is 2. The summed E-state index contributed by atoms with van der Waals surface area (Å²) in [5, 5.41) is 9.17. The number of fused-ring (bicyclic) bond motifs is 1. The number of nitriles is 1. The molecular formula is C15H16N2O3. The molecule has 1 aliphatic carbocycles. The van der Waals surface area contributed by atoms with Crippen molar-refractivity contribution >= 4 is 11.6 Å². The fraction of sp³-hybridized carbons (Fsp3) is 0.533. The highest BCUT2D eigenvalue weighted by Crippen LogP contribution is 2.38. The summed E-state index contributed by atoms with van der Waals surface area (Å²) in [5.74, 6) is -0.113. The summed E-state index contributed by atoms with van der Waals surface area (Å²) in [6.45, 7) is 2.03. The van der Waals surface area contributed by atoms with Gasteiger partial charge in [-0.15, -0.1) is 0 Å². The molecule has 0 saturated carbocycles. The molecule has 3 rings (SSSR count). The Bertz CT molecular complexity index is 609. The summed E-state index contributed by atoms with van der Waals surface area (Å²) in [6.07, 6.45) is 2.30. The Balaban J connectivity index is 2.00. The number of nitrogens with zero attached hydrogens (tertiary/aromatic N) is 2. The maximum atomic E-state index is 12.4. The van der Waals surface area contributed by atoms with Crippen molar-refractivity contribution < 1.29 is 14.3 Å². The van der Waals surface area contributed by atoms with Gasteiger partial charge in [0.25, 0.3) is 0 Å². The maximum Gasteiger partial charge on any atom is 0.225 e. The highest BCUT2D eigenvalue weighted by molar-refractivity contribution is 6.24. The van der Waals surface area contributed by atoms with Crippen LogP contribution in [0.25, 0.3) is 0 Å². The van der Waals surface area contributed by atoms with Crippen molar-refractivity contribution in [2.75, 3.05) is 13.7 Å². The topological polar surface area (TPSA) is 70.4 Å². The molecule has 20 heavy (non-hydrogen) atoms. The van der Waals surface area contributed by atoms with Crippen molar-refractivity contribution in [1.82, 2.24) is 4.90 Å². The summed E-state index contributed by atoms with van der Waals surface area (Å²) in [7, 11) is 1.41. The van der Waals surface area contributed by atoms with E-state index in [9.17, 15) is 9.59 Å². The average molecular weight is 272 g/mol. The van der Waals surface area contributed by atoms with E-state index in [1.807, 2.05) is 0 Å². The fourth-order valence-electron chi connectivity index (χ4n) is 3.49. The van der Waals surface area contributed by atoms with E-state index in [4.69, 9.17) is 10.00 Å². The van der Waals surface area contributed by atoms with Crippen LogP contribution < -0.4 is 0 Å². The summed E-state index contributed by atoms with van der Waals surface area (Å²) >= 11 is 0. The number of Topliss-reactive ketones (excluding diaryl/α,β-unsaturated/α-hetero) is 2. The predicted molar refractivity (Wildman–Crippen MR) is 70.5 cm³/mol. The van der Waals surface area contributed by atoms with Gasteiger partial charge in [-0.3, -0.25) is 14.5 Å². The molecule has 0 aromatic carbocycles. The van der Waals surface area contributed by atoms with Gasteiger partial charge in [0.15, 0.2) is 11.5 Å². The van der Waals surface area contributed by atoms with Crippen LogP contribution >= 0.6 is 0 Å². The smallest absolute Gasteiger partial charge is 0.225 e. The Kier molecular flexibility index (Phi) is 2.98. The van der Waals surface area contributed by atoms with Crippen molar-refractivity contribution in [1.29, 1.82) is 5.26 Å². The van der Waals surface area contributed by atoms with Crippen molar-refractivity contribution in [2.24, 2.45) is 0 Å². The molecule has 0 bridgehead atoms. The second-order valence-corrected chi connectivity index (χ2v) is 5.53. The molecule has 2 aliphatic heterocycles. The van der Waals surface area contributed by atoms with Crippen LogP contribution in [-0.4, -0.2) is 42.2 Å². The molecular weight excluding hydrogens is 256 g/mol. The van der Waals surface area contributed by atoms with E-state index in [1.54, 1.807) is 6.92 Å². The number of ether oxygens (including phenoxy) is 1. The van der Waals surface area contributed by atoms with Crippen LogP contribution in [0.4, 0.5) is 0 Å². The van der Waals surface area contributed by atoms with Gasteiger partial charge in [0, 0.05) is 29.3 Å². The zero-order valence-electron chi connectivity index (χ0n) is 11.6. The Labute approximate surface area is 117 Å². The number of ketones is 2. The number of carbonyl (C=O) groups excluding carboxylic acids is 2. The van der Waals surface area contributed by atoms with Crippen LogP contribution in [0.2, 0.25) is 0 Å². The minimum Gasteiger partial charge on any atom is -0.492 e. The van der Waals surface area contributed by atoms with E-state index in [1.165, 1.54) is 7.11 Å². The fourth-order valence-corrected chi connectivity index (χ4v) is 3.49. The van der Waals surface area contributed by atoms with Gasteiger partial charge in [-0.2, -0.15) is 5.26 Å². The normalized spacial score (nSPS) is 30.2. The van der Waals surface area contributed by atoms with E-state index < -0.39 is 0 Å². The van der Waals surface area contributed by atoms with Gasteiger partial charge < -0.3 is 4.74 Å². The standard InChI is InChI=1S/C15H16N2O3/c1-8-13(18)11-5-9-3-4-10(6-16)17(9)7-12(11)14(19)15(8)20-2/h9-10H,3-5,7H2,1-2H3/t9-,10+/m1/s1. The number of hydrogen-bond acceptors (Lipinski definition) is 5. The predicted octanol–water partition coefficient (Wildman–Crippen LogP) is 1.12. The number of allylic oxidation sites excluding steroid dienone is 2. The first kappa shape index (κ1) is 13.1. The lowest BCUT2D eigenvalue weighted by Gasteiger charge is -2.35. The highest BCUT2D eigenvalue weighted by atomic mass is 16.5. The molecule has 0 N–H and O–H groups in total. The van der Waals surface area contributed by atoms with Crippen LogP contribution in [0, 0.1) is 11.3 Å². The minimum atomic E-state index is -0.193. The third-order valence-electron chi connectivity index (χ3n) is 4.58. The van der Waals surface area contributed by atoms with E-state index in [-0.39, 0.29) is 29.4 Å². The molecule has 0 spiro atoms. The van der Waals surface area contributed by atoms with E-state index >= 15 is 0 Å². The Morgan fingerprint density at radius 3 is 2.65 bits per heavy atom. The Morgan fingerprint density at radius 2 is 2.00 bits per heavy atom. The Hall–Kier alpha value is -1.93. The minimum absolute atomic E-state index is 0.0727. The Morgan fingerprint density at radius 1 is 1.25 bits per heavy atom. The van der Waals surface area contributed by atoms with Crippen LogP contribution in [0.5, 0.6) is 0 Å². The quantitative estimate of drug-likeness (QED) is 0.669. The monoisotopic (exact) mass is 272 g/mol. The molecule has 104 valence electrons. The molecule has 2 heterocycles. The molecule has 2 atom stereocenters. The zero-order valence-corrected chi connectivity index (χ0v) is 11.6.